The summed E-state index contributed by atoms with van der Waals surface area (Å²) >= 11 is 0. The van der Waals surface area contributed by atoms with Crippen LogP contribution >= 0.6 is 0 Å². The Labute approximate surface area is 139 Å². The SMILES string of the molecule is COC(=O)c1cc2c([nH]c1=O)C[C@H](/C=C/c1ccccc1)CC2=O. The van der Waals surface area contributed by atoms with Crippen molar-refractivity contribution in [3.8, 4) is 0 Å². The molecule has 0 amide bonds. The molecule has 24 heavy (non-hydrogen) atoms. The average Bonchev–Trinajstić information content (AvgIpc) is 2.59. The van der Waals surface area contributed by atoms with Crippen molar-refractivity contribution in [3.63, 3.8) is 0 Å². The Morgan fingerprint density at radius 2 is 1.96 bits per heavy atom. The Bertz CT molecular complexity index is 865. The topological polar surface area (TPSA) is 76.2 Å². The van der Waals surface area contributed by atoms with Gasteiger partial charge in [-0.1, -0.05) is 42.5 Å². The first-order chi connectivity index (χ1) is 11.6. The summed E-state index contributed by atoms with van der Waals surface area (Å²) in [6.45, 7) is 0. The number of esters is 1. The van der Waals surface area contributed by atoms with Crippen molar-refractivity contribution >= 4 is 17.8 Å². The number of methoxy groups -OCH3 is 1. The molecular formula is C19H17NO4. The quantitative estimate of drug-likeness (QED) is 0.881. The number of allylic oxidation sites excluding steroid dienone is 1. The first-order valence-electron chi connectivity index (χ1n) is 7.69. The fraction of sp³-hybridized carbons (Fsp3) is 0.211. The molecular weight excluding hydrogens is 306 g/mol. The van der Waals surface area contributed by atoms with Gasteiger partial charge >= 0.3 is 5.97 Å². The van der Waals surface area contributed by atoms with Crippen molar-refractivity contribution in [1.82, 2.24) is 4.98 Å². The highest BCUT2D eigenvalue weighted by Gasteiger charge is 2.26. The van der Waals surface area contributed by atoms with E-state index in [4.69, 9.17) is 0 Å². The fourth-order valence-corrected chi connectivity index (χ4v) is 2.87. The maximum Gasteiger partial charge on any atom is 0.343 e. The number of ketones is 1. The highest BCUT2D eigenvalue weighted by molar-refractivity contribution is 6.00. The van der Waals surface area contributed by atoms with Crippen LogP contribution in [0.4, 0.5) is 0 Å². The van der Waals surface area contributed by atoms with Crippen LogP contribution < -0.4 is 5.56 Å². The number of aromatic nitrogens is 1. The van der Waals surface area contributed by atoms with Crippen molar-refractivity contribution in [2.45, 2.75) is 12.8 Å². The van der Waals surface area contributed by atoms with Gasteiger partial charge in [0.2, 0.25) is 0 Å². The zero-order valence-corrected chi connectivity index (χ0v) is 13.2. The summed E-state index contributed by atoms with van der Waals surface area (Å²) in [6.07, 6.45) is 4.87. The Balaban J connectivity index is 1.87. The van der Waals surface area contributed by atoms with Crippen molar-refractivity contribution in [1.29, 1.82) is 0 Å². The highest BCUT2D eigenvalue weighted by Crippen LogP contribution is 2.25. The number of pyridine rings is 1. The number of carbonyl (C=O) groups is 2. The van der Waals surface area contributed by atoms with Crippen LogP contribution in [0.2, 0.25) is 0 Å². The lowest BCUT2D eigenvalue weighted by molar-refractivity contribution is 0.0598. The van der Waals surface area contributed by atoms with Gasteiger partial charge < -0.3 is 9.72 Å². The third-order valence-electron chi connectivity index (χ3n) is 4.10. The lowest BCUT2D eigenvalue weighted by atomic mass is 9.85. The molecule has 122 valence electrons. The van der Waals surface area contributed by atoms with Gasteiger partial charge in [-0.25, -0.2) is 4.79 Å². The summed E-state index contributed by atoms with van der Waals surface area (Å²) < 4.78 is 4.57. The first-order valence-corrected chi connectivity index (χ1v) is 7.69. The molecule has 0 spiro atoms. The Morgan fingerprint density at radius 1 is 1.21 bits per heavy atom. The molecule has 0 unspecified atom stereocenters. The number of hydrogen-bond donors (Lipinski definition) is 1. The molecule has 0 saturated carbocycles. The van der Waals surface area contributed by atoms with Gasteiger partial charge in [0.15, 0.2) is 5.78 Å². The molecule has 1 aliphatic carbocycles. The maximum absolute atomic E-state index is 12.4. The maximum atomic E-state index is 12.4. The molecule has 5 nitrogen and oxygen atoms in total. The van der Waals surface area contributed by atoms with Gasteiger partial charge in [0.1, 0.15) is 5.56 Å². The second-order valence-corrected chi connectivity index (χ2v) is 5.76. The van der Waals surface area contributed by atoms with Gasteiger partial charge in [-0.05, 0) is 24.0 Å². The van der Waals surface area contributed by atoms with Crippen LogP contribution in [-0.2, 0) is 11.2 Å². The van der Waals surface area contributed by atoms with E-state index in [1.54, 1.807) is 0 Å². The second-order valence-electron chi connectivity index (χ2n) is 5.76. The smallest absolute Gasteiger partial charge is 0.343 e. The van der Waals surface area contributed by atoms with E-state index in [0.717, 1.165) is 5.56 Å². The summed E-state index contributed by atoms with van der Waals surface area (Å²) in [5.74, 6) is -0.803. The van der Waals surface area contributed by atoms with E-state index in [1.165, 1.54) is 13.2 Å². The summed E-state index contributed by atoms with van der Waals surface area (Å²) in [5, 5.41) is 0. The predicted molar refractivity (Wildman–Crippen MR) is 90.0 cm³/mol. The average molecular weight is 323 g/mol. The number of rotatable bonds is 3. The molecule has 1 N–H and O–H groups in total. The molecule has 5 heteroatoms. The third kappa shape index (κ3) is 3.20. The molecule has 1 aromatic heterocycles. The largest absolute Gasteiger partial charge is 0.465 e. The second kappa shape index (κ2) is 6.66. The standard InChI is InChI=1S/C19H17NO4/c1-24-19(23)15-11-14-16(20-18(15)22)9-13(10-17(14)21)8-7-12-5-3-2-4-6-12/h2-8,11,13H,9-10H2,1H3,(H,20,22)/b8-7+/t13-/m0/s1. The number of hydrogen-bond acceptors (Lipinski definition) is 4. The summed E-state index contributed by atoms with van der Waals surface area (Å²) in [6, 6.07) is 11.2. The van der Waals surface area contributed by atoms with E-state index < -0.39 is 11.5 Å². The van der Waals surface area contributed by atoms with Crippen LogP contribution in [-0.4, -0.2) is 23.8 Å². The van der Waals surface area contributed by atoms with Crippen LogP contribution in [0.15, 0.2) is 47.3 Å². The lowest BCUT2D eigenvalue weighted by Crippen LogP contribution is -2.27. The number of Topliss-reactive ketones (excluding diaryl/α,β-unsaturated/α-hetero) is 1. The Hall–Kier alpha value is -2.95. The zero-order chi connectivity index (χ0) is 17.1. The van der Waals surface area contributed by atoms with E-state index in [2.05, 4.69) is 9.72 Å². The molecule has 0 bridgehead atoms. The molecule has 0 saturated heterocycles. The molecule has 1 aromatic carbocycles. The van der Waals surface area contributed by atoms with E-state index in [1.807, 2.05) is 42.5 Å². The van der Waals surface area contributed by atoms with Gasteiger partial charge in [0.25, 0.3) is 5.56 Å². The van der Waals surface area contributed by atoms with E-state index in [0.29, 0.717) is 24.1 Å². The van der Waals surface area contributed by atoms with Crippen molar-refractivity contribution < 1.29 is 14.3 Å². The highest BCUT2D eigenvalue weighted by atomic mass is 16.5. The molecule has 0 aliphatic heterocycles. The monoisotopic (exact) mass is 323 g/mol. The van der Waals surface area contributed by atoms with E-state index in [-0.39, 0.29) is 17.3 Å². The molecule has 2 aromatic rings. The van der Waals surface area contributed by atoms with E-state index in [9.17, 15) is 14.4 Å². The number of H-pyrrole nitrogens is 1. The van der Waals surface area contributed by atoms with Crippen LogP contribution in [0, 0.1) is 5.92 Å². The minimum atomic E-state index is -0.738. The molecule has 1 aliphatic rings. The number of nitrogens with one attached hydrogen (secondary N) is 1. The van der Waals surface area contributed by atoms with Gasteiger partial charge in [-0.2, -0.15) is 0 Å². The van der Waals surface area contributed by atoms with Crippen LogP contribution in [0.1, 0.15) is 38.4 Å². The summed E-state index contributed by atoms with van der Waals surface area (Å²) in [4.78, 5) is 38.6. The lowest BCUT2D eigenvalue weighted by Gasteiger charge is -2.21. The number of aromatic amines is 1. The zero-order valence-electron chi connectivity index (χ0n) is 13.2. The van der Waals surface area contributed by atoms with Gasteiger partial charge in [-0.3, -0.25) is 9.59 Å². The molecule has 1 heterocycles. The van der Waals surface area contributed by atoms with E-state index >= 15 is 0 Å². The number of benzene rings is 1. The molecule has 3 rings (SSSR count). The van der Waals surface area contributed by atoms with Crippen LogP contribution in [0.5, 0.6) is 0 Å². The minimum Gasteiger partial charge on any atom is -0.465 e. The van der Waals surface area contributed by atoms with Crippen molar-refractivity contribution in [2.75, 3.05) is 7.11 Å². The normalized spacial score (nSPS) is 16.9. The Kier molecular flexibility index (Phi) is 4.42. The van der Waals surface area contributed by atoms with Gasteiger partial charge in [0, 0.05) is 17.7 Å². The van der Waals surface area contributed by atoms with Gasteiger partial charge in [0.05, 0.1) is 7.11 Å². The predicted octanol–water partition coefficient (Wildman–Crippen LogP) is 2.62. The summed E-state index contributed by atoms with van der Waals surface area (Å²) in [7, 11) is 1.20. The first kappa shape index (κ1) is 15.9. The Morgan fingerprint density at radius 3 is 2.67 bits per heavy atom. The number of carbonyl (C=O) groups excluding carboxylic acids is 2. The third-order valence-corrected chi connectivity index (χ3v) is 4.10. The van der Waals surface area contributed by atoms with Crippen LogP contribution in [0.3, 0.4) is 0 Å². The van der Waals surface area contributed by atoms with Crippen LogP contribution in [0.25, 0.3) is 6.08 Å². The fourth-order valence-electron chi connectivity index (χ4n) is 2.87. The van der Waals surface area contributed by atoms with Crippen molar-refractivity contribution in [3.05, 3.63) is 75.2 Å². The molecule has 0 fully saturated rings. The number of ether oxygens (including phenoxy) is 1. The summed E-state index contributed by atoms with van der Waals surface area (Å²) in [5.41, 5.74) is 1.38. The van der Waals surface area contributed by atoms with Gasteiger partial charge in [-0.15, -0.1) is 0 Å². The minimum absolute atomic E-state index is 0.0184. The number of fused-ring (bicyclic) bond motifs is 1. The van der Waals surface area contributed by atoms with Crippen molar-refractivity contribution in [2.24, 2.45) is 5.92 Å². The molecule has 1 atom stereocenters. The molecule has 0 radical (unpaired) electrons.